The lowest BCUT2D eigenvalue weighted by molar-refractivity contribution is 0.102. The van der Waals surface area contributed by atoms with E-state index in [1.54, 1.807) is 0 Å². The highest BCUT2D eigenvalue weighted by atomic mass is 35.5. The fraction of sp³-hybridized carbons (Fsp3) is 0.316. The number of amides is 1. The minimum atomic E-state index is -3.68. The van der Waals surface area contributed by atoms with Crippen molar-refractivity contribution in [2.24, 2.45) is 0 Å². The highest BCUT2D eigenvalue weighted by molar-refractivity contribution is 7.89. The van der Waals surface area contributed by atoms with Gasteiger partial charge in [-0.3, -0.25) is 4.79 Å². The van der Waals surface area contributed by atoms with Gasteiger partial charge in [0.2, 0.25) is 10.0 Å². The molecule has 2 rings (SSSR count). The summed E-state index contributed by atoms with van der Waals surface area (Å²) < 4.78 is 40.4. The van der Waals surface area contributed by atoms with Gasteiger partial charge in [0.15, 0.2) is 0 Å². The number of anilines is 1. The van der Waals surface area contributed by atoms with Crippen LogP contribution in [0.2, 0.25) is 5.02 Å². The molecule has 1 N–H and O–H groups in total. The molecule has 0 aromatic heterocycles. The lowest BCUT2D eigenvalue weighted by Gasteiger charge is -2.21. The molecule has 0 spiro atoms. The van der Waals surface area contributed by atoms with Gasteiger partial charge in [0, 0.05) is 24.3 Å². The lowest BCUT2D eigenvalue weighted by Crippen LogP contribution is -2.32. The predicted molar refractivity (Wildman–Crippen MR) is 105 cm³/mol. The van der Waals surface area contributed by atoms with E-state index in [0.29, 0.717) is 31.6 Å². The summed E-state index contributed by atoms with van der Waals surface area (Å²) in [5, 5.41) is 2.47. The van der Waals surface area contributed by atoms with E-state index in [9.17, 15) is 17.6 Å². The molecular weight excluding hydrogens is 391 g/mol. The van der Waals surface area contributed by atoms with E-state index in [2.05, 4.69) is 5.32 Å². The molecule has 0 unspecified atom stereocenters. The van der Waals surface area contributed by atoms with Crippen LogP contribution in [0.1, 0.15) is 37.0 Å². The van der Waals surface area contributed by atoms with Gasteiger partial charge in [0.25, 0.3) is 5.91 Å². The highest BCUT2D eigenvalue weighted by Crippen LogP contribution is 2.21. The van der Waals surface area contributed by atoms with Crippen LogP contribution in [-0.4, -0.2) is 31.7 Å². The van der Waals surface area contributed by atoms with Crippen molar-refractivity contribution in [3.63, 3.8) is 0 Å². The number of hydrogen-bond donors (Lipinski definition) is 1. The maximum Gasteiger partial charge on any atom is 0.255 e. The number of hydrogen-bond acceptors (Lipinski definition) is 3. The summed E-state index contributed by atoms with van der Waals surface area (Å²) >= 11 is 5.71. The number of rotatable bonds is 8. The molecule has 1 amide bonds. The average Bonchev–Trinajstić information content (AvgIpc) is 2.64. The Morgan fingerprint density at radius 2 is 1.78 bits per heavy atom. The molecule has 0 aliphatic heterocycles. The minimum absolute atomic E-state index is 0.0641. The molecule has 5 nitrogen and oxygen atoms in total. The molecule has 27 heavy (non-hydrogen) atoms. The number of benzene rings is 2. The number of nitrogens with one attached hydrogen (secondary N) is 1. The Labute approximate surface area is 164 Å². The van der Waals surface area contributed by atoms with Crippen LogP contribution in [0.5, 0.6) is 0 Å². The first kappa shape index (κ1) is 21.3. The van der Waals surface area contributed by atoms with Gasteiger partial charge in [-0.25, -0.2) is 12.8 Å². The standard InChI is InChI=1S/C19H22ClFN2O3S/c1-3-10-23(11-4-2)27(25,26)16-7-5-6-14(12-16)19(24)22-15-8-9-18(21)17(20)13-15/h5-9,12-13H,3-4,10-11H2,1-2H3,(H,22,24). The van der Waals surface area contributed by atoms with Crippen LogP contribution in [0, 0.1) is 5.82 Å². The van der Waals surface area contributed by atoms with E-state index in [-0.39, 0.29) is 15.5 Å². The predicted octanol–water partition coefficient (Wildman–Crippen LogP) is 4.54. The van der Waals surface area contributed by atoms with E-state index in [4.69, 9.17) is 11.6 Å². The van der Waals surface area contributed by atoms with Gasteiger partial charge in [0.1, 0.15) is 5.82 Å². The summed E-state index contributed by atoms with van der Waals surface area (Å²) in [6.07, 6.45) is 1.40. The maximum absolute atomic E-state index is 13.2. The summed E-state index contributed by atoms with van der Waals surface area (Å²) in [4.78, 5) is 12.5. The first-order chi connectivity index (χ1) is 12.8. The molecule has 0 fully saturated rings. The van der Waals surface area contributed by atoms with Crippen LogP contribution in [0.3, 0.4) is 0 Å². The Morgan fingerprint density at radius 3 is 2.37 bits per heavy atom. The van der Waals surface area contributed by atoms with Gasteiger partial charge in [-0.15, -0.1) is 0 Å². The highest BCUT2D eigenvalue weighted by Gasteiger charge is 2.24. The van der Waals surface area contributed by atoms with Crippen LogP contribution < -0.4 is 5.32 Å². The number of carbonyl (C=O) groups excluding carboxylic acids is 1. The van der Waals surface area contributed by atoms with Crippen LogP contribution >= 0.6 is 11.6 Å². The second-order valence-electron chi connectivity index (χ2n) is 6.01. The summed E-state index contributed by atoms with van der Waals surface area (Å²) in [6.45, 7) is 4.66. The topological polar surface area (TPSA) is 66.5 Å². The summed E-state index contributed by atoms with van der Waals surface area (Å²) in [6, 6.07) is 9.67. The molecule has 0 saturated carbocycles. The van der Waals surface area contributed by atoms with E-state index < -0.39 is 21.7 Å². The molecule has 0 atom stereocenters. The molecular formula is C19H22ClFN2O3S. The average molecular weight is 413 g/mol. The lowest BCUT2D eigenvalue weighted by atomic mass is 10.2. The fourth-order valence-corrected chi connectivity index (χ4v) is 4.43. The Morgan fingerprint density at radius 1 is 1.11 bits per heavy atom. The van der Waals surface area contributed by atoms with Gasteiger partial charge >= 0.3 is 0 Å². The van der Waals surface area contributed by atoms with Crippen molar-refractivity contribution in [2.75, 3.05) is 18.4 Å². The summed E-state index contributed by atoms with van der Waals surface area (Å²) in [5.41, 5.74) is 0.503. The normalized spacial score (nSPS) is 11.6. The fourth-order valence-electron chi connectivity index (χ4n) is 2.57. The van der Waals surface area contributed by atoms with Crippen LogP contribution in [0.4, 0.5) is 10.1 Å². The zero-order valence-corrected chi connectivity index (χ0v) is 16.8. The first-order valence-corrected chi connectivity index (χ1v) is 10.5. The Balaban J connectivity index is 2.27. The maximum atomic E-state index is 13.2. The molecule has 0 bridgehead atoms. The zero-order valence-electron chi connectivity index (χ0n) is 15.2. The van der Waals surface area contributed by atoms with Crippen molar-refractivity contribution >= 4 is 33.2 Å². The molecule has 2 aromatic rings. The first-order valence-electron chi connectivity index (χ1n) is 8.66. The second kappa shape index (κ2) is 9.30. The van der Waals surface area contributed by atoms with Gasteiger partial charge in [-0.2, -0.15) is 4.31 Å². The molecule has 8 heteroatoms. The number of halogens is 2. The minimum Gasteiger partial charge on any atom is -0.322 e. The van der Waals surface area contributed by atoms with Gasteiger partial charge < -0.3 is 5.32 Å². The number of carbonyl (C=O) groups is 1. The molecule has 0 aliphatic rings. The zero-order chi connectivity index (χ0) is 20.0. The molecule has 0 heterocycles. The molecule has 0 saturated heterocycles. The van der Waals surface area contributed by atoms with E-state index in [1.807, 2.05) is 13.8 Å². The van der Waals surface area contributed by atoms with E-state index in [0.717, 1.165) is 6.07 Å². The summed E-state index contributed by atoms with van der Waals surface area (Å²) in [7, 11) is -3.68. The monoisotopic (exact) mass is 412 g/mol. The van der Waals surface area contributed by atoms with Gasteiger partial charge in [-0.1, -0.05) is 31.5 Å². The van der Waals surface area contributed by atoms with Crippen LogP contribution in [0.25, 0.3) is 0 Å². The van der Waals surface area contributed by atoms with Crippen molar-refractivity contribution in [3.05, 3.63) is 58.9 Å². The SMILES string of the molecule is CCCN(CCC)S(=O)(=O)c1cccc(C(=O)Nc2ccc(F)c(Cl)c2)c1. The van der Waals surface area contributed by atoms with Crippen molar-refractivity contribution in [1.29, 1.82) is 0 Å². The smallest absolute Gasteiger partial charge is 0.255 e. The van der Waals surface area contributed by atoms with Gasteiger partial charge in [0.05, 0.1) is 9.92 Å². The Kier molecular flexibility index (Phi) is 7.35. The van der Waals surface area contributed by atoms with Crippen LogP contribution in [-0.2, 0) is 10.0 Å². The Hall–Kier alpha value is -1.96. The third-order valence-electron chi connectivity index (χ3n) is 3.86. The van der Waals surface area contributed by atoms with Crippen molar-refractivity contribution in [1.82, 2.24) is 4.31 Å². The largest absolute Gasteiger partial charge is 0.322 e. The van der Waals surface area contributed by atoms with Crippen molar-refractivity contribution in [3.8, 4) is 0 Å². The molecule has 0 radical (unpaired) electrons. The molecule has 0 aliphatic carbocycles. The second-order valence-corrected chi connectivity index (χ2v) is 8.36. The third-order valence-corrected chi connectivity index (χ3v) is 6.04. The number of nitrogens with zero attached hydrogens (tertiary/aromatic N) is 1. The van der Waals surface area contributed by atoms with Crippen molar-refractivity contribution in [2.45, 2.75) is 31.6 Å². The number of sulfonamides is 1. The van der Waals surface area contributed by atoms with E-state index in [1.165, 1.54) is 40.7 Å². The van der Waals surface area contributed by atoms with Crippen LogP contribution in [0.15, 0.2) is 47.4 Å². The van der Waals surface area contributed by atoms with Crippen molar-refractivity contribution < 1.29 is 17.6 Å². The quantitative estimate of drug-likeness (QED) is 0.692. The molecule has 146 valence electrons. The molecule has 2 aromatic carbocycles. The third kappa shape index (κ3) is 5.28. The Bertz CT molecular complexity index is 913. The summed E-state index contributed by atoms with van der Waals surface area (Å²) in [5.74, 6) is -1.10. The van der Waals surface area contributed by atoms with E-state index >= 15 is 0 Å². The van der Waals surface area contributed by atoms with Gasteiger partial charge in [-0.05, 0) is 49.2 Å².